The highest BCUT2D eigenvalue weighted by molar-refractivity contribution is 5.07. The molecule has 156 valence electrons. The van der Waals surface area contributed by atoms with Gasteiger partial charge in [-0.1, -0.05) is 47.5 Å². The van der Waals surface area contributed by atoms with Gasteiger partial charge in [0.2, 0.25) is 0 Å². The van der Waals surface area contributed by atoms with Crippen molar-refractivity contribution in [3.63, 3.8) is 0 Å². The largest absolute Gasteiger partial charge is 0.393 e. The van der Waals surface area contributed by atoms with E-state index in [1.807, 2.05) is 0 Å². The molecule has 0 aliphatic heterocycles. The highest BCUT2D eigenvalue weighted by atomic mass is 16.3. The van der Waals surface area contributed by atoms with Gasteiger partial charge in [-0.2, -0.15) is 0 Å². The van der Waals surface area contributed by atoms with E-state index in [0.717, 1.165) is 66.1 Å². The summed E-state index contributed by atoms with van der Waals surface area (Å²) in [4.78, 5) is 0. The lowest BCUT2D eigenvalue weighted by Gasteiger charge is -2.60. The van der Waals surface area contributed by atoms with Crippen molar-refractivity contribution in [3.05, 3.63) is 0 Å². The zero-order chi connectivity index (χ0) is 19.3. The van der Waals surface area contributed by atoms with Gasteiger partial charge in [-0.25, -0.2) is 0 Å². The number of hydrogen-bond donors (Lipinski definition) is 1. The zero-order valence-electron chi connectivity index (χ0n) is 18.8. The first-order chi connectivity index (χ1) is 12.8. The summed E-state index contributed by atoms with van der Waals surface area (Å²) in [6.45, 7) is 12.6. The van der Waals surface area contributed by atoms with Gasteiger partial charge in [-0.15, -0.1) is 0 Å². The van der Waals surface area contributed by atoms with Crippen molar-refractivity contribution in [2.75, 3.05) is 0 Å². The Morgan fingerprint density at radius 3 is 2.41 bits per heavy atom. The van der Waals surface area contributed by atoms with Crippen molar-refractivity contribution in [1.82, 2.24) is 0 Å². The first-order valence-corrected chi connectivity index (χ1v) is 12.5. The van der Waals surface area contributed by atoms with Gasteiger partial charge in [-0.3, -0.25) is 0 Å². The molecule has 0 heterocycles. The number of aliphatic hydroxyl groups is 1. The Labute approximate surface area is 169 Å². The second-order valence-electron chi connectivity index (χ2n) is 12.1. The predicted molar refractivity (Wildman–Crippen MR) is 114 cm³/mol. The van der Waals surface area contributed by atoms with E-state index in [2.05, 4.69) is 34.6 Å². The summed E-state index contributed by atoms with van der Waals surface area (Å²) in [6.07, 6.45) is 13.7. The van der Waals surface area contributed by atoms with Crippen molar-refractivity contribution >= 4 is 0 Å². The summed E-state index contributed by atoms with van der Waals surface area (Å²) in [6, 6.07) is 0. The molecule has 4 aliphatic carbocycles. The Bertz CT molecular complexity index is 512. The third-order valence-corrected chi connectivity index (χ3v) is 10.3. The Kier molecular flexibility index (Phi) is 5.74. The van der Waals surface area contributed by atoms with Gasteiger partial charge in [0.15, 0.2) is 0 Å². The Morgan fingerprint density at radius 1 is 0.926 bits per heavy atom. The monoisotopic (exact) mass is 374 g/mol. The van der Waals surface area contributed by atoms with Crippen LogP contribution in [-0.4, -0.2) is 11.2 Å². The van der Waals surface area contributed by atoms with Crippen LogP contribution in [0, 0.1) is 58.7 Å². The average Bonchev–Trinajstić information content (AvgIpc) is 3.07. The maximum atomic E-state index is 10.2. The molecule has 1 nitrogen and oxygen atoms in total. The van der Waals surface area contributed by atoms with Crippen molar-refractivity contribution in [2.45, 2.75) is 105 Å². The Morgan fingerprint density at radius 2 is 1.67 bits per heavy atom. The van der Waals surface area contributed by atoms with Gasteiger partial charge in [0.1, 0.15) is 0 Å². The molecule has 1 N–H and O–H groups in total. The summed E-state index contributed by atoms with van der Waals surface area (Å²) in [5.74, 6) is 8.50. The third-order valence-electron chi connectivity index (χ3n) is 10.3. The SMILES string of the molecule is CC(C)CCC(C)[C@H]1CC[C@@H]2C1[C@H](C)C[C@H]1[C@H]2CC[C@@H]2C[C@H](O)CC[C@@]21C. The van der Waals surface area contributed by atoms with Crippen LogP contribution in [0.1, 0.15) is 98.8 Å². The highest BCUT2D eigenvalue weighted by Gasteiger charge is 2.58. The van der Waals surface area contributed by atoms with Crippen LogP contribution in [0.2, 0.25) is 0 Å². The van der Waals surface area contributed by atoms with Crippen molar-refractivity contribution in [2.24, 2.45) is 58.7 Å². The summed E-state index contributed by atoms with van der Waals surface area (Å²) in [5, 5.41) is 10.2. The summed E-state index contributed by atoms with van der Waals surface area (Å²) in [7, 11) is 0. The average molecular weight is 375 g/mol. The van der Waals surface area contributed by atoms with E-state index in [0.29, 0.717) is 5.41 Å². The molecule has 0 bridgehead atoms. The highest BCUT2D eigenvalue weighted by Crippen LogP contribution is 2.65. The molecule has 0 spiro atoms. The van der Waals surface area contributed by atoms with Crippen LogP contribution < -0.4 is 0 Å². The van der Waals surface area contributed by atoms with Crippen molar-refractivity contribution in [3.8, 4) is 0 Å². The molecule has 0 aromatic heterocycles. The number of hydrogen-bond acceptors (Lipinski definition) is 1. The molecule has 0 saturated heterocycles. The molecule has 0 amide bonds. The number of aliphatic hydroxyl groups excluding tert-OH is 1. The third kappa shape index (κ3) is 3.53. The quantitative estimate of drug-likeness (QED) is 0.565. The fraction of sp³-hybridized carbons (Fsp3) is 1.00. The Hall–Kier alpha value is -0.0400. The summed E-state index contributed by atoms with van der Waals surface area (Å²) < 4.78 is 0. The molecular formula is C26H46O. The van der Waals surface area contributed by atoms with E-state index in [4.69, 9.17) is 0 Å². The molecule has 27 heavy (non-hydrogen) atoms. The standard InChI is InChI=1S/C26H46O/c1-16(2)6-7-17(3)21-10-11-23-22-9-8-19-15-20(27)12-13-26(19,5)24(22)14-18(4)25(21)23/h16-25,27H,6-15H2,1-5H3/t17?,18-,19-,20-,21-,22+,23+,24+,25?,26+/m1/s1. The van der Waals surface area contributed by atoms with Crippen LogP contribution in [0.5, 0.6) is 0 Å². The topological polar surface area (TPSA) is 20.2 Å². The molecule has 1 heteroatoms. The molecule has 4 saturated carbocycles. The second-order valence-corrected chi connectivity index (χ2v) is 12.1. The van der Waals surface area contributed by atoms with Crippen molar-refractivity contribution < 1.29 is 5.11 Å². The number of rotatable bonds is 4. The first kappa shape index (κ1) is 20.2. The van der Waals surface area contributed by atoms with Gasteiger partial charge in [0.25, 0.3) is 0 Å². The molecule has 2 unspecified atom stereocenters. The van der Waals surface area contributed by atoms with Crippen LogP contribution in [0.4, 0.5) is 0 Å². The van der Waals surface area contributed by atoms with Crippen LogP contribution in [0.15, 0.2) is 0 Å². The lowest BCUT2D eigenvalue weighted by Crippen LogP contribution is -2.53. The minimum Gasteiger partial charge on any atom is -0.393 e. The van der Waals surface area contributed by atoms with E-state index >= 15 is 0 Å². The van der Waals surface area contributed by atoms with Gasteiger partial charge >= 0.3 is 0 Å². The maximum Gasteiger partial charge on any atom is 0.0543 e. The lowest BCUT2D eigenvalue weighted by atomic mass is 9.45. The normalized spacial score (nSPS) is 50.8. The van der Waals surface area contributed by atoms with Crippen LogP contribution in [-0.2, 0) is 0 Å². The van der Waals surface area contributed by atoms with E-state index < -0.39 is 0 Å². The fourth-order valence-corrected chi connectivity index (χ4v) is 8.84. The van der Waals surface area contributed by atoms with Gasteiger partial charge in [0, 0.05) is 0 Å². The summed E-state index contributed by atoms with van der Waals surface area (Å²) in [5.41, 5.74) is 0.530. The van der Waals surface area contributed by atoms with Crippen LogP contribution in [0.25, 0.3) is 0 Å². The second kappa shape index (κ2) is 7.66. The molecule has 4 aliphatic rings. The minimum absolute atomic E-state index is 0.00828. The van der Waals surface area contributed by atoms with E-state index in [1.165, 1.54) is 51.4 Å². The fourth-order valence-electron chi connectivity index (χ4n) is 8.84. The lowest BCUT2D eigenvalue weighted by molar-refractivity contribution is -0.123. The maximum absolute atomic E-state index is 10.2. The molecule has 0 aromatic rings. The zero-order valence-corrected chi connectivity index (χ0v) is 18.8. The molecule has 4 fully saturated rings. The van der Waals surface area contributed by atoms with E-state index in [9.17, 15) is 5.11 Å². The molecule has 0 radical (unpaired) electrons. The van der Waals surface area contributed by atoms with Gasteiger partial charge in [-0.05, 0) is 110 Å². The van der Waals surface area contributed by atoms with Crippen LogP contribution >= 0.6 is 0 Å². The van der Waals surface area contributed by atoms with E-state index in [-0.39, 0.29) is 6.10 Å². The van der Waals surface area contributed by atoms with E-state index in [1.54, 1.807) is 0 Å². The van der Waals surface area contributed by atoms with Gasteiger partial charge in [0.05, 0.1) is 6.10 Å². The number of fused-ring (bicyclic) bond motifs is 5. The summed E-state index contributed by atoms with van der Waals surface area (Å²) >= 11 is 0. The molecular weight excluding hydrogens is 328 g/mol. The molecule has 0 aromatic carbocycles. The van der Waals surface area contributed by atoms with Crippen molar-refractivity contribution in [1.29, 1.82) is 0 Å². The smallest absolute Gasteiger partial charge is 0.0543 e. The molecule has 4 rings (SSSR count). The minimum atomic E-state index is -0.00828. The van der Waals surface area contributed by atoms with Gasteiger partial charge < -0.3 is 5.11 Å². The molecule has 10 atom stereocenters. The Balaban J connectivity index is 1.50. The predicted octanol–water partition coefficient (Wildman–Crippen LogP) is 6.93. The van der Waals surface area contributed by atoms with Crippen LogP contribution in [0.3, 0.4) is 0 Å². The first-order valence-electron chi connectivity index (χ1n) is 12.5.